The second-order valence-corrected chi connectivity index (χ2v) is 12.4. The molecule has 5 rings (SSSR count). The number of carboxylic acids is 1. The van der Waals surface area contributed by atoms with E-state index in [9.17, 15) is 35.1 Å². The maximum absolute atomic E-state index is 13.6. The van der Waals surface area contributed by atoms with Crippen LogP contribution in [-0.4, -0.2) is 68.7 Å². The molecule has 4 aliphatic carbocycles. The zero-order valence-corrected chi connectivity index (χ0v) is 24.6. The van der Waals surface area contributed by atoms with Crippen LogP contribution in [0.15, 0.2) is 12.2 Å². The number of fused-ring (bicyclic) bond motifs is 3. The molecule has 196 valence electrons. The van der Waals surface area contributed by atoms with Gasteiger partial charge in [-0.2, -0.15) is 0 Å². The smallest absolute Gasteiger partial charge is 0.547 e. The normalized spacial score (nSPS) is 51.9. The molecule has 11 atom stereocenters. The van der Waals surface area contributed by atoms with Crippen LogP contribution < -0.4 is 56.5 Å². The first-order valence-corrected chi connectivity index (χ1v) is 12.8. The first-order valence-electron chi connectivity index (χ1n) is 12.8. The summed E-state index contributed by atoms with van der Waals surface area (Å²) in [4.78, 5) is 25.0. The van der Waals surface area contributed by atoms with Crippen LogP contribution in [-0.2, 0) is 19.1 Å². The first-order chi connectivity index (χ1) is 16.3. The van der Waals surface area contributed by atoms with E-state index in [4.69, 9.17) is 9.47 Å². The van der Waals surface area contributed by atoms with Gasteiger partial charge in [0.05, 0.1) is 17.0 Å². The second-order valence-electron chi connectivity index (χ2n) is 12.4. The Morgan fingerprint density at radius 1 is 1.03 bits per heavy atom. The second kappa shape index (κ2) is 9.64. The molecule has 5 fully saturated rings. The Labute approximate surface area is 254 Å². The molecule has 4 saturated carbocycles. The van der Waals surface area contributed by atoms with Crippen molar-refractivity contribution in [1.82, 2.24) is 0 Å². The van der Waals surface area contributed by atoms with Crippen LogP contribution in [0.5, 0.6) is 0 Å². The number of carbonyl (C=O) groups is 2. The number of aliphatic hydroxyl groups is 4. The van der Waals surface area contributed by atoms with Crippen molar-refractivity contribution >= 4 is 11.9 Å². The fraction of sp³-hybridized carbons (Fsp3) is 0.846. The van der Waals surface area contributed by atoms with Crippen molar-refractivity contribution in [2.24, 2.45) is 28.1 Å². The Morgan fingerprint density at radius 3 is 2.36 bits per heavy atom. The predicted molar refractivity (Wildman–Crippen MR) is 119 cm³/mol. The van der Waals surface area contributed by atoms with Gasteiger partial charge in [0.25, 0.3) is 0 Å². The molecule has 0 radical (unpaired) electrons. The van der Waals surface area contributed by atoms with E-state index < -0.39 is 53.7 Å². The third-order valence-electron chi connectivity index (χ3n) is 10.6. The number of aliphatic hydroxyl groups excluding tert-OH is 3. The minimum absolute atomic E-state index is 0. The van der Waals surface area contributed by atoms with E-state index in [1.807, 2.05) is 6.92 Å². The standard InChI is InChI=1S/C26H38O9.K/c1-13-11-25-9-5-14-23(2,15(25)6-10-26(13,33)12-25)7-4-8-24(14,3)22(32)35-21-18(29)16(27)17(28)19(34-21)20(30)31;/h14-19,21,27-29,33H,1,4-12H2,2-3H3,(H,30,31);/q;+1/p-1/t14-,15-,16-,17-,18+,19-,21-,23+,24+,25+,26-;/m0./s1. The van der Waals surface area contributed by atoms with Crippen LogP contribution in [0.1, 0.15) is 71.6 Å². The summed E-state index contributed by atoms with van der Waals surface area (Å²) in [5, 5.41) is 52.8. The molecule has 1 spiro atoms. The van der Waals surface area contributed by atoms with Crippen LogP contribution in [0.2, 0.25) is 0 Å². The van der Waals surface area contributed by atoms with Crippen molar-refractivity contribution in [2.45, 2.75) is 108 Å². The van der Waals surface area contributed by atoms with E-state index >= 15 is 0 Å². The van der Waals surface area contributed by atoms with Gasteiger partial charge in [-0.05, 0) is 86.5 Å². The average molecular weight is 533 g/mol. The summed E-state index contributed by atoms with van der Waals surface area (Å²) in [5.74, 6) is -2.03. The van der Waals surface area contributed by atoms with Crippen molar-refractivity contribution in [3.05, 3.63) is 12.2 Å². The van der Waals surface area contributed by atoms with E-state index in [2.05, 4.69) is 13.5 Å². The quantitative estimate of drug-likeness (QED) is 0.171. The van der Waals surface area contributed by atoms with Gasteiger partial charge in [0.15, 0.2) is 0 Å². The molecule has 1 saturated heterocycles. The molecule has 9 nitrogen and oxygen atoms in total. The Bertz CT molecular complexity index is 942. The van der Waals surface area contributed by atoms with Gasteiger partial charge >= 0.3 is 57.4 Å². The molecule has 0 amide bonds. The molecule has 1 heterocycles. The van der Waals surface area contributed by atoms with E-state index in [1.165, 1.54) is 0 Å². The summed E-state index contributed by atoms with van der Waals surface area (Å²) in [7, 11) is 0. The average Bonchev–Trinajstić information content (AvgIpc) is 2.96. The van der Waals surface area contributed by atoms with E-state index in [0.29, 0.717) is 18.8 Å². The summed E-state index contributed by atoms with van der Waals surface area (Å²) in [6, 6.07) is 0. The van der Waals surface area contributed by atoms with Crippen molar-refractivity contribution in [3.63, 3.8) is 0 Å². The molecular weight excluding hydrogens is 495 g/mol. The Kier molecular flexibility index (Phi) is 7.79. The predicted octanol–water partition coefficient (Wildman–Crippen LogP) is -2.82. The number of hydrogen-bond acceptors (Lipinski definition) is 9. The molecule has 2 bridgehead atoms. The number of rotatable bonds is 3. The molecule has 36 heavy (non-hydrogen) atoms. The van der Waals surface area contributed by atoms with Crippen LogP contribution >= 0.6 is 0 Å². The summed E-state index contributed by atoms with van der Waals surface area (Å²) < 4.78 is 10.7. The molecular formula is C26H37KO9. The number of carboxylic acid groups (broad SMARTS) is 1. The zero-order valence-electron chi connectivity index (χ0n) is 21.4. The fourth-order valence-electron chi connectivity index (χ4n) is 8.97. The molecule has 0 aromatic carbocycles. The molecule has 0 unspecified atom stereocenters. The van der Waals surface area contributed by atoms with Crippen molar-refractivity contribution in [3.8, 4) is 0 Å². The van der Waals surface area contributed by atoms with E-state index in [-0.39, 0.29) is 68.1 Å². The number of ether oxygens (including phenoxy) is 2. The number of esters is 1. The molecule has 0 aromatic rings. The summed E-state index contributed by atoms with van der Waals surface area (Å²) >= 11 is 0. The topological polar surface area (TPSA) is 157 Å². The summed E-state index contributed by atoms with van der Waals surface area (Å²) in [6.45, 7) is 8.33. The van der Waals surface area contributed by atoms with Gasteiger partial charge in [-0.15, -0.1) is 0 Å². The summed E-state index contributed by atoms with van der Waals surface area (Å²) in [5.41, 5.74) is -0.870. The van der Waals surface area contributed by atoms with Crippen LogP contribution in [0.3, 0.4) is 0 Å². The Hall–Kier alpha value is 0.116. The van der Waals surface area contributed by atoms with Gasteiger partial charge in [0, 0.05) is 0 Å². The maximum atomic E-state index is 13.6. The van der Waals surface area contributed by atoms with E-state index in [1.54, 1.807) is 0 Å². The Morgan fingerprint density at radius 2 is 1.69 bits per heavy atom. The number of carbonyl (C=O) groups excluding carboxylic acids is 2. The first kappa shape index (κ1) is 29.1. The molecule has 0 aromatic heterocycles. The molecule has 5 aliphatic rings. The van der Waals surface area contributed by atoms with Gasteiger partial charge < -0.3 is 39.8 Å². The third kappa shape index (κ3) is 4.14. The van der Waals surface area contributed by atoms with Gasteiger partial charge in [0.2, 0.25) is 6.29 Å². The van der Waals surface area contributed by atoms with Crippen molar-refractivity contribution in [1.29, 1.82) is 0 Å². The summed E-state index contributed by atoms with van der Waals surface area (Å²) in [6.07, 6.45) is -2.03. The minimum Gasteiger partial charge on any atom is -0.547 e. The molecule has 4 N–H and O–H groups in total. The van der Waals surface area contributed by atoms with Crippen LogP contribution in [0, 0.1) is 28.1 Å². The van der Waals surface area contributed by atoms with Crippen molar-refractivity contribution < 1.29 is 96.0 Å². The SMILES string of the molecule is C=C1C[C@@]23CC[C@H]4[C@@](C)(CCC[C@@]4(C)C(=O)O[C@@H]4O[C@H](C(=O)[O-])[C@@H](O)[C@H](O)[C@H]4O)[C@@H]2CC[C@]1(O)C3.[K+]. The largest absolute Gasteiger partial charge is 1.00 e. The fourth-order valence-corrected chi connectivity index (χ4v) is 8.97. The number of hydrogen-bond donors (Lipinski definition) is 4. The van der Waals surface area contributed by atoms with E-state index in [0.717, 1.165) is 50.5 Å². The van der Waals surface area contributed by atoms with Gasteiger partial charge in [-0.25, -0.2) is 0 Å². The van der Waals surface area contributed by atoms with Crippen molar-refractivity contribution in [2.75, 3.05) is 0 Å². The zero-order chi connectivity index (χ0) is 25.6. The Balaban J connectivity index is 0.00000304. The van der Waals surface area contributed by atoms with Gasteiger partial charge in [-0.1, -0.05) is 19.9 Å². The van der Waals surface area contributed by atoms with Crippen LogP contribution in [0.25, 0.3) is 0 Å². The third-order valence-corrected chi connectivity index (χ3v) is 10.6. The molecule has 10 heteroatoms. The monoisotopic (exact) mass is 532 g/mol. The minimum atomic E-state index is -1.93. The number of aliphatic carboxylic acids is 1. The maximum Gasteiger partial charge on any atom is 1.00 e. The van der Waals surface area contributed by atoms with Gasteiger partial charge in [-0.3, -0.25) is 4.79 Å². The van der Waals surface area contributed by atoms with Gasteiger partial charge in [0.1, 0.15) is 24.4 Å². The van der Waals surface area contributed by atoms with Crippen LogP contribution in [0.4, 0.5) is 0 Å². The molecule has 1 aliphatic heterocycles.